The summed E-state index contributed by atoms with van der Waals surface area (Å²) < 4.78 is 26.4. The van der Waals surface area contributed by atoms with E-state index in [-0.39, 0.29) is 19.6 Å². The van der Waals surface area contributed by atoms with Gasteiger partial charge in [-0.15, -0.1) is 0 Å². The fraction of sp³-hybridized carbons (Fsp3) is 0.875. The Morgan fingerprint density at radius 3 is 2.44 bits per heavy atom. The van der Waals surface area contributed by atoms with Crippen LogP contribution in [-0.4, -0.2) is 55.1 Å². The van der Waals surface area contributed by atoms with Gasteiger partial charge in [-0.05, 0) is 6.42 Å². The molecule has 0 heterocycles. The number of carbonyl (C=O) groups is 1. The molecular formula is C8H18N2O5S. The summed E-state index contributed by atoms with van der Waals surface area (Å²) in [6.45, 7) is 1.34. The average molecular weight is 254 g/mol. The van der Waals surface area contributed by atoms with Crippen LogP contribution >= 0.6 is 0 Å². The summed E-state index contributed by atoms with van der Waals surface area (Å²) in [6.07, 6.45) is 0.204. The van der Waals surface area contributed by atoms with E-state index in [1.165, 1.54) is 7.05 Å². The minimum Gasteiger partial charge on any atom is -0.481 e. The highest BCUT2D eigenvalue weighted by Crippen LogP contribution is 1.99. The Labute approximate surface area is 95.2 Å². The van der Waals surface area contributed by atoms with Gasteiger partial charge in [-0.1, -0.05) is 6.92 Å². The van der Waals surface area contributed by atoms with E-state index in [4.69, 9.17) is 10.2 Å². The highest BCUT2D eigenvalue weighted by Gasteiger charge is 2.21. The number of rotatable bonds is 8. The minimum absolute atomic E-state index is 0.105. The Balaban J connectivity index is 4.36. The quantitative estimate of drug-likeness (QED) is 0.515. The maximum Gasteiger partial charge on any atom is 0.304 e. The standard InChI is InChI=1S/C8H18N2O5S/c1-3-7(6-11)9-16(14,15)10(2)5-4-8(12)13/h7,9,11H,3-6H2,1-2H3,(H,12,13)/t7-/m0/s1. The molecule has 0 aromatic rings. The molecule has 96 valence electrons. The van der Waals surface area contributed by atoms with E-state index in [2.05, 4.69) is 4.72 Å². The van der Waals surface area contributed by atoms with Crippen molar-refractivity contribution in [2.24, 2.45) is 0 Å². The van der Waals surface area contributed by atoms with Crippen LogP contribution in [0.1, 0.15) is 19.8 Å². The maximum atomic E-state index is 11.6. The molecule has 16 heavy (non-hydrogen) atoms. The summed E-state index contributed by atoms with van der Waals surface area (Å²) in [4.78, 5) is 10.3. The van der Waals surface area contributed by atoms with E-state index in [0.717, 1.165) is 4.31 Å². The largest absolute Gasteiger partial charge is 0.481 e. The van der Waals surface area contributed by atoms with Crippen LogP contribution in [0.2, 0.25) is 0 Å². The molecule has 0 aromatic heterocycles. The van der Waals surface area contributed by atoms with Crippen molar-refractivity contribution in [2.75, 3.05) is 20.2 Å². The lowest BCUT2D eigenvalue weighted by Crippen LogP contribution is -2.45. The van der Waals surface area contributed by atoms with E-state index in [1.54, 1.807) is 6.92 Å². The molecule has 0 saturated carbocycles. The van der Waals surface area contributed by atoms with Crippen LogP contribution in [0.4, 0.5) is 0 Å². The number of aliphatic hydroxyl groups excluding tert-OH is 1. The van der Waals surface area contributed by atoms with Gasteiger partial charge >= 0.3 is 5.97 Å². The van der Waals surface area contributed by atoms with Gasteiger partial charge < -0.3 is 10.2 Å². The lowest BCUT2D eigenvalue weighted by Gasteiger charge is -2.20. The van der Waals surface area contributed by atoms with Crippen molar-refractivity contribution >= 4 is 16.2 Å². The van der Waals surface area contributed by atoms with Crippen molar-refractivity contribution in [1.29, 1.82) is 0 Å². The van der Waals surface area contributed by atoms with Crippen molar-refractivity contribution in [3.05, 3.63) is 0 Å². The van der Waals surface area contributed by atoms with E-state index in [1.807, 2.05) is 0 Å². The van der Waals surface area contributed by atoms with Crippen LogP contribution in [0.3, 0.4) is 0 Å². The van der Waals surface area contributed by atoms with Crippen LogP contribution < -0.4 is 4.72 Å². The Morgan fingerprint density at radius 2 is 2.06 bits per heavy atom. The van der Waals surface area contributed by atoms with Gasteiger partial charge in [-0.25, -0.2) is 0 Å². The second-order valence-corrected chi connectivity index (χ2v) is 5.19. The van der Waals surface area contributed by atoms with Crippen LogP contribution in [0.15, 0.2) is 0 Å². The predicted octanol–water partition coefficient (Wildman–Crippen LogP) is -1.00. The summed E-state index contributed by atoms with van der Waals surface area (Å²) in [5, 5.41) is 17.3. The van der Waals surface area contributed by atoms with Gasteiger partial charge in [0.05, 0.1) is 13.0 Å². The van der Waals surface area contributed by atoms with Crippen molar-refractivity contribution in [2.45, 2.75) is 25.8 Å². The zero-order chi connectivity index (χ0) is 12.8. The summed E-state index contributed by atoms with van der Waals surface area (Å²) in [6, 6.07) is -0.544. The average Bonchev–Trinajstić information content (AvgIpc) is 2.22. The van der Waals surface area contributed by atoms with E-state index < -0.39 is 22.2 Å². The molecule has 0 aliphatic heterocycles. The predicted molar refractivity (Wildman–Crippen MR) is 58.1 cm³/mol. The number of hydrogen-bond acceptors (Lipinski definition) is 4. The molecule has 0 spiro atoms. The lowest BCUT2D eigenvalue weighted by molar-refractivity contribution is -0.137. The van der Waals surface area contributed by atoms with Crippen LogP contribution in [-0.2, 0) is 15.0 Å². The third kappa shape index (κ3) is 5.40. The Hall–Kier alpha value is -0.700. The number of hydrogen-bond donors (Lipinski definition) is 3. The summed E-state index contributed by atoms with van der Waals surface area (Å²) >= 11 is 0. The first kappa shape index (κ1) is 15.3. The Kier molecular flexibility index (Phi) is 6.49. The number of nitrogens with one attached hydrogen (secondary N) is 1. The van der Waals surface area contributed by atoms with Crippen LogP contribution in [0, 0.1) is 0 Å². The van der Waals surface area contributed by atoms with Crippen molar-refractivity contribution in [3.63, 3.8) is 0 Å². The highest BCUT2D eigenvalue weighted by molar-refractivity contribution is 7.87. The molecule has 7 nitrogen and oxygen atoms in total. The molecule has 0 aliphatic carbocycles. The molecule has 0 unspecified atom stereocenters. The lowest BCUT2D eigenvalue weighted by atomic mass is 10.3. The van der Waals surface area contributed by atoms with E-state index in [9.17, 15) is 13.2 Å². The highest BCUT2D eigenvalue weighted by atomic mass is 32.2. The molecule has 0 saturated heterocycles. The Morgan fingerprint density at radius 1 is 1.50 bits per heavy atom. The molecule has 0 bridgehead atoms. The van der Waals surface area contributed by atoms with Gasteiger partial charge in [-0.2, -0.15) is 17.4 Å². The summed E-state index contributed by atoms with van der Waals surface area (Å²) in [5.41, 5.74) is 0. The molecule has 0 rings (SSSR count). The van der Waals surface area contributed by atoms with Crippen LogP contribution in [0.5, 0.6) is 0 Å². The number of aliphatic carboxylic acids is 1. The molecule has 0 amide bonds. The molecule has 0 aliphatic rings. The van der Waals surface area contributed by atoms with Gasteiger partial charge in [0.1, 0.15) is 0 Å². The molecular weight excluding hydrogens is 236 g/mol. The van der Waals surface area contributed by atoms with Gasteiger partial charge in [0, 0.05) is 19.6 Å². The molecule has 8 heteroatoms. The van der Waals surface area contributed by atoms with Crippen molar-refractivity contribution < 1.29 is 23.4 Å². The first-order chi connectivity index (χ1) is 7.33. The number of carboxylic acid groups (broad SMARTS) is 1. The first-order valence-electron chi connectivity index (χ1n) is 4.89. The molecule has 0 fully saturated rings. The maximum absolute atomic E-state index is 11.6. The summed E-state index contributed by atoms with van der Waals surface area (Å²) in [5.74, 6) is -1.06. The number of aliphatic hydroxyl groups is 1. The van der Waals surface area contributed by atoms with Gasteiger partial charge in [0.2, 0.25) is 0 Å². The number of carboxylic acids is 1. The van der Waals surface area contributed by atoms with Crippen molar-refractivity contribution in [1.82, 2.24) is 9.03 Å². The molecule has 0 aromatic carbocycles. The van der Waals surface area contributed by atoms with Gasteiger partial charge in [0.15, 0.2) is 0 Å². The second-order valence-electron chi connectivity index (χ2n) is 3.38. The SMILES string of the molecule is CC[C@@H](CO)NS(=O)(=O)N(C)CCC(=O)O. The van der Waals surface area contributed by atoms with Gasteiger partial charge in [-0.3, -0.25) is 4.79 Å². The zero-order valence-corrected chi connectivity index (χ0v) is 10.2. The minimum atomic E-state index is -3.72. The molecule has 0 radical (unpaired) electrons. The monoisotopic (exact) mass is 254 g/mol. The smallest absolute Gasteiger partial charge is 0.304 e. The third-order valence-corrected chi connectivity index (χ3v) is 3.71. The molecule has 3 N–H and O–H groups in total. The summed E-state index contributed by atoms with van der Waals surface area (Å²) in [7, 11) is -2.43. The zero-order valence-electron chi connectivity index (χ0n) is 9.38. The normalized spacial score (nSPS) is 14.0. The molecule has 1 atom stereocenters. The van der Waals surface area contributed by atoms with E-state index >= 15 is 0 Å². The fourth-order valence-electron chi connectivity index (χ4n) is 0.924. The second kappa shape index (κ2) is 6.79. The number of nitrogens with zero attached hydrogens (tertiary/aromatic N) is 1. The third-order valence-electron chi connectivity index (χ3n) is 2.08. The van der Waals surface area contributed by atoms with Crippen molar-refractivity contribution in [3.8, 4) is 0 Å². The topological polar surface area (TPSA) is 107 Å². The first-order valence-corrected chi connectivity index (χ1v) is 6.33. The van der Waals surface area contributed by atoms with Gasteiger partial charge in [0.25, 0.3) is 10.2 Å². The fourth-order valence-corrected chi connectivity index (χ4v) is 2.10. The van der Waals surface area contributed by atoms with E-state index in [0.29, 0.717) is 6.42 Å². The Bertz CT molecular complexity index is 312. The van der Waals surface area contributed by atoms with Crippen LogP contribution in [0.25, 0.3) is 0 Å².